The van der Waals surface area contributed by atoms with Crippen LogP contribution in [0.5, 0.6) is 11.5 Å². The maximum Gasteiger partial charge on any atom is 0.340 e. The summed E-state index contributed by atoms with van der Waals surface area (Å²) in [5, 5.41) is 6.55. The first-order chi connectivity index (χ1) is 15.9. The monoisotopic (exact) mass is 496 g/mol. The van der Waals surface area contributed by atoms with Crippen molar-refractivity contribution in [2.75, 3.05) is 20.3 Å². The van der Waals surface area contributed by atoms with Crippen LogP contribution in [0.3, 0.4) is 0 Å². The van der Waals surface area contributed by atoms with Gasteiger partial charge in [0.05, 0.1) is 46.8 Å². The van der Waals surface area contributed by atoms with Gasteiger partial charge in [-0.3, -0.25) is 15.0 Å². The number of methoxy groups -OCH3 is 1. The first kappa shape index (κ1) is 23.4. The first-order valence-corrected chi connectivity index (χ1v) is 11.3. The van der Waals surface area contributed by atoms with Crippen LogP contribution >= 0.6 is 23.2 Å². The molecule has 176 valence electrons. The zero-order valence-corrected chi connectivity index (χ0v) is 19.4. The lowest BCUT2D eigenvalue weighted by atomic mass is 10.2. The molecule has 1 aromatic heterocycles. The van der Waals surface area contributed by atoms with Crippen LogP contribution in [0.4, 0.5) is 4.39 Å². The first-order valence-electron chi connectivity index (χ1n) is 10.6. The minimum Gasteiger partial charge on any atom is -0.492 e. The van der Waals surface area contributed by atoms with Gasteiger partial charge in [0.2, 0.25) is 0 Å². The molecule has 7 nitrogen and oxygen atoms in total. The third-order valence-corrected chi connectivity index (χ3v) is 5.99. The molecule has 2 N–H and O–H groups in total. The van der Waals surface area contributed by atoms with E-state index >= 15 is 0 Å². The number of fused-ring (bicyclic) bond motifs is 1. The Morgan fingerprint density at radius 1 is 0.970 bits per heavy atom. The molecular formula is C23H23Cl2FN2O5. The number of aromatic nitrogens is 2. The molecular weight excluding hydrogens is 474 g/mol. The Kier molecular flexibility index (Phi) is 7.14. The van der Waals surface area contributed by atoms with Crippen LogP contribution < -0.4 is 15.0 Å². The van der Waals surface area contributed by atoms with Gasteiger partial charge in [0, 0.05) is 12.1 Å². The molecule has 0 atom stereocenters. The fraction of sp³-hybridized carbons (Fsp3) is 0.391. The molecule has 1 heterocycles. The van der Waals surface area contributed by atoms with Crippen molar-refractivity contribution in [2.45, 2.75) is 25.7 Å². The third kappa shape index (κ3) is 6.00. The predicted molar refractivity (Wildman–Crippen MR) is 123 cm³/mol. The van der Waals surface area contributed by atoms with Crippen molar-refractivity contribution in [3.63, 3.8) is 0 Å². The Hall–Kier alpha value is -2.71. The predicted octanol–water partition coefficient (Wildman–Crippen LogP) is 5.35. The van der Waals surface area contributed by atoms with E-state index in [2.05, 4.69) is 14.9 Å². The van der Waals surface area contributed by atoms with Crippen LogP contribution in [0, 0.1) is 17.7 Å². The average Bonchev–Trinajstić information content (AvgIpc) is 3.73. The second kappa shape index (κ2) is 10.1. The van der Waals surface area contributed by atoms with Crippen molar-refractivity contribution >= 4 is 40.1 Å². The van der Waals surface area contributed by atoms with Gasteiger partial charge in [0.15, 0.2) is 0 Å². The van der Waals surface area contributed by atoms with Crippen LogP contribution in [-0.4, -0.2) is 36.5 Å². The van der Waals surface area contributed by atoms with E-state index in [9.17, 15) is 14.0 Å². The topological polar surface area (TPSA) is 93.4 Å². The number of rotatable bonds is 7. The van der Waals surface area contributed by atoms with Gasteiger partial charge in [-0.1, -0.05) is 23.2 Å². The Labute approximate surface area is 199 Å². The zero-order valence-electron chi connectivity index (χ0n) is 17.9. The zero-order chi connectivity index (χ0) is 23.5. The van der Waals surface area contributed by atoms with Crippen molar-refractivity contribution in [3.8, 4) is 11.5 Å². The van der Waals surface area contributed by atoms with Crippen molar-refractivity contribution in [3.05, 3.63) is 56.0 Å². The molecule has 33 heavy (non-hydrogen) atoms. The second-order valence-corrected chi connectivity index (χ2v) is 8.98. The lowest BCUT2D eigenvalue weighted by Crippen LogP contribution is -2.06. The number of carbonyl (C=O) groups excluding carboxylic acids is 1. The molecule has 0 unspecified atom stereocenters. The van der Waals surface area contributed by atoms with Gasteiger partial charge in [0.1, 0.15) is 17.3 Å². The van der Waals surface area contributed by atoms with Gasteiger partial charge in [-0.15, -0.1) is 0 Å². The lowest BCUT2D eigenvalue weighted by molar-refractivity contribution is 0.0595. The van der Waals surface area contributed by atoms with Gasteiger partial charge < -0.3 is 14.2 Å². The summed E-state index contributed by atoms with van der Waals surface area (Å²) < 4.78 is 29.0. The Bertz CT molecular complexity index is 1220. The highest BCUT2D eigenvalue weighted by molar-refractivity contribution is 6.33. The summed E-state index contributed by atoms with van der Waals surface area (Å²) in [6, 6.07) is 5.74. The van der Waals surface area contributed by atoms with E-state index in [0.29, 0.717) is 41.2 Å². The van der Waals surface area contributed by atoms with E-state index < -0.39 is 11.8 Å². The van der Waals surface area contributed by atoms with Crippen LogP contribution in [0.2, 0.25) is 10.0 Å². The van der Waals surface area contributed by atoms with Crippen molar-refractivity contribution in [1.82, 2.24) is 10.2 Å². The van der Waals surface area contributed by atoms with E-state index in [1.165, 1.54) is 26.0 Å². The van der Waals surface area contributed by atoms with Crippen LogP contribution in [0.25, 0.3) is 10.9 Å². The number of hydrogen-bond donors (Lipinski definition) is 2. The Morgan fingerprint density at radius 2 is 1.55 bits per heavy atom. The molecule has 5 rings (SSSR count). The maximum atomic E-state index is 13.6. The number of nitrogens with one attached hydrogen (secondary N) is 2. The summed E-state index contributed by atoms with van der Waals surface area (Å²) in [6.07, 6.45) is 4.75. The standard InChI is InChI=1S/C12H12ClFO3.C11H11ClN2O2/c1-16-12(15)8-4-9(13)11(5-10(8)14)17-6-7-2-3-7;12-8-3-7-9(13-14-11(7)15)4-10(8)16-5-6-1-2-6/h4-5,7H,2-3,6H2,1H3;3-4,6H,1-2,5H2,(H2,13,14,15). The number of H-pyrrole nitrogens is 2. The highest BCUT2D eigenvalue weighted by Crippen LogP contribution is 2.34. The maximum absolute atomic E-state index is 13.6. The van der Waals surface area contributed by atoms with E-state index in [-0.39, 0.29) is 21.9 Å². The summed E-state index contributed by atoms with van der Waals surface area (Å²) in [5.41, 5.74) is 0.377. The normalized spacial score (nSPS) is 15.0. The highest BCUT2D eigenvalue weighted by Gasteiger charge is 2.24. The second-order valence-electron chi connectivity index (χ2n) is 8.17. The van der Waals surface area contributed by atoms with Crippen LogP contribution in [0.15, 0.2) is 29.1 Å². The van der Waals surface area contributed by atoms with Gasteiger partial charge in [-0.25, -0.2) is 9.18 Å². The van der Waals surface area contributed by atoms with Gasteiger partial charge in [-0.05, 0) is 49.7 Å². The molecule has 2 aliphatic carbocycles. The fourth-order valence-corrected chi connectivity index (χ4v) is 3.47. The molecule has 2 saturated carbocycles. The summed E-state index contributed by atoms with van der Waals surface area (Å²) >= 11 is 12.0. The molecule has 0 radical (unpaired) electrons. The fourth-order valence-electron chi connectivity index (χ4n) is 3.04. The van der Waals surface area contributed by atoms with E-state index in [4.69, 9.17) is 32.7 Å². The lowest BCUT2D eigenvalue weighted by Gasteiger charge is -2.09. The molecule has 0 spiro atoms. The van der Waals surface area contributed by atoms with Crippen molar-refractivity contribution < 1.29 is 23.4 Å². The quantitative estimate of drug-likeness (QED) is 0.429. The van der Waals surface area contributed by atoms with Gasteiger partial charge >= 0.3 is 5.97 Å². The number of aromatic amines is 2. The van der Waals surface area contributed by atoms with Crippen molar-refractivity contribution in [1.29, 1.82) is 0 Å². The smallest absolute Gasteiger partial charge is 0.340 e. The van der Waals surface area contributed by atoms with Crippen LogP contribution in [0.1, 0.15) is 36.0 Å². The molecule has 0 saturated heterocycles. The molecule has 2 fully saturated rings. The number of ether oxygens (including phenoxy) is 3. The minimum atomic E-state index is -0.752. The van der Waals surface area contributed by atoms with E-state index in [0.717, 1.165) is 24.4 Å². The SMILES string of the molecule is COC(=O)c1cc(Cl)c(OCC2CC2)cc1F.O=c1[nH][nH]c2cc(OCC3CC3)c(Cl)cc12. The molecule has 2 aromatic carbocycles. The summed E-state index contributed by atoms with van der Waals surface area (Å²) in [7, 11) is 1.19. The van der Waals surface area contributed by atoms with Gasteiger partial charge in [0.25, 0.3) is 5.56 Å². The van der Waals surface area contributed by atoms with E-state index in [1.807, 2.05) is 0 Å². The third-order valence-electron chi connectivity index (χ3n) is 5.40. The van der Waals surface area contributed by atoms with Gasteiger partial charge in [-0.2, -0.15) is 0 Å². The summed E-state index contributed by atoms with van der Waals surface area (Å²) in [5.74, 6) is 0.691. The highest BCUT2D eigenvalue weighted by atomic mass is 35.5. The molecule has 3 aromatic rings. The molecule has 0 bridgehead atoms. The number of halogens is 3. The number of benzene rings is 2. The number of hydrogen-bond acceptors (Lipinski definition) is 5. The molecule has 2 aliphatic rings. The number of carbonyl (C=O) groups is 1. The molecule has 0 amide bonds. The minimum absolute atomic E-state index is 0.161. The molecule has 10 heteroatoms. The largest absolute Gasteiger partial charge is 0.492 e. The van der Waals surface area contributed by atoms with E-state index in [1.54, 1.807) is 12.1 Å². The number of esters is 1. The van der Waals surface area contributed by atoms with Crippen LogP contribution in [-0.2, 0) is 4.74 Å². The average molecular weight is 497 g/mol. The van der Waals surface area contributed by atoms with Crippen molar-refractivity contribution in [2.24, 2.45) is 11.8 Å². The Morgan fingerprint density at radius 3 is 2.12 bits per heavy atom. The summed E-state index contributed by atoms with van der Waals surface area (Å²) in [6.45, 7) is 1.25. The Balaban J connectivity index is 0.000000157. The molecule has 0 aliphatic heterocycles. The summed E-state index contributed by atoms with van der Waals surface area (Å²) in [4.78, 5) is 22.5.